The van der Waals surface area contributed by atoms with Gasteiger partial charge in [0.15, 0.2) is 0 Å². The molecule has 1 N–H and O–H groups in total. The van der Waals surface area contributed by atoms with Crippen LogP contribution in [0.1, 0.15) is 26.2 Å². The van der Waals surface area contributed by atoms with Gasteiger partial charge in [-0.2, -0.15) is 0 Å². The number of hydrogen-bond donors (Lipinski definition) is 1. The molecule has 1 aliphatic rings. The Morgan fingerprint density at radius 3 is 2.43 bits per heavy atom. The molecule has 0 spiro atoms. The number of aliphatic carboxylic acids is 1. The largest absolute Gasteiger partial charge is 0.481 e. The molecule has 1 rings (SSSR count). The lowest BCUT2D eigenvalue weighted by atomic mass is 9.75. The highest BCUT2D eigenvalue weighted by Crippen LogP contribution is 2.46. The van der Waals surface area contributed by atoms with Gasteiger partial charge in [0.25, 0.3) is 5.92 Å². The highest BCUT2D eigenvalue weighted by Gasteiger charge is 2.51. The van der Waals surface area contributed by atoms with Crippen molar-refractivity contribution >= 4 is 5.97 Å². The quantitative estimate of drug-likeness (QED) is 0.770. The van der Waals surface area contributed by atoms with Crippen molar-refractivity contribution in [3.63, 3.8) is 0 Å². The van der Waals surface area contributed by atoms with Crippen molar-refractivity contribution < 1.29 is 23.4 Å². The van der Waals surface area contributed by atoms with Gasteiger partial charge in [-0.1, -0.05) is 6.92 Å². The molecule has 82 valence electrons. The van der Waals surface area contributed by atoms with Crippen molar-refractivity contribution in [2.75, 3.05) is 13.2 Å². The standard InChI is InChI=1S/C9H14F2O3/c1-8(2-4-14-5-3-8)9(10,11)6-7(12)13/h2-6H2,1H3,(H,12,13). The summed E-state index contributed by atoms with van der Waals surface area (Å²) in [7, 11) is 0. The monoisotopic (exact) mass is 208 g/mol. The minimum atomic E-state index is -3.15. The zero-order valence-corrected chi connectivity index (χ0v) is 8.06. The Bertz CT molecular complexity index is 222. The Balaban J connectivity index is 2.72. The number of carboxylic acids is 1. The smallest absolute Gasteiger partial charge is 0.309 e. The molecule has 0 radical (unpaired) electrons. The summed E-state index contributed by atoms with van der Waals surface area (Å²) in [5.74, 6) is -4.61. The van der Waals surface area contributed by atoms with Crippen molar-refractivity contribution in [2.45, 2.75) is 32.1 Å². The summed E-state index contributed by atoms with van der Waals surface area (Å²) < 4.78 is 32.0. The summed E-state index contributed by atoms with van der Waals surface area (Å²) in [6, 6.07) is 0. The zero-order valence-electron chi connectivity index (χ0n) is 8.06. The fourth-order valence-electron chi connectivity index (χ4n) is 1.59. The zero-order chi connectivity index (χ0) is 10.8. The maximum atomic E-state index is 13.5. The van der Waals surface area contributed by atoms with Gasteiger partial charge in [-0.25, -0.2) is 8.78 Å². The van der Waals surface area contributed by atoms with E-state index in [0.717, 1.165) is 0 Å². The van der Waals surface area contributed by atoms with Gasteiger partial charge >= 0.3 is 5.97 Å². The van der Waals surface area contributed by atoms with Crippen LogP contribution in [-0.2, 0) is 9.53 Å². The lowest BCUT2D eigenvalue weighted by Crippen LogP contribution is -2.44. The molecule has 1 aliphatic heterocycles. The first-order valence-electron chi connectivity index (χ1n) is 4.55. The SMILES string of the molecule is CC1(C(F)(F)CC(=O)O)CCOCC1. The predicted molar refractivity (Wildman–Crippen MR) is 45.4 cm³/mol. The van der Waals surface area contributed by atoms with Crippen molar-refractivity contribution in [3.05, 3.63) is 0 Å². The van der Waals surface area contributed by atoms with Crippen LogP contribution >= 0.6 is 0 Å². The van der Waals surface area contributed by atoms with Gasteiger partial charge in [-0.15, -0.1) is 0 Å². The molecule has 1 saturated heterocycles. The Hall–Kier alpha value is -0.710. The van der Waals surface area contributed by atoms with Gasteiger partial charge < -0.3 is 9.84 Å². The molecular weight excluding hydrogens is 194 g/mol. The Labute approximate surface area is 81.1 Å². The van der Waals surface area contributed by atoms with E-state index in [0.29, 0.717) is 0 Å². The number of carboxylic acid groups (broad SMARTS) is 1. The second-order valence-corrected chi connectivity index (χ2v) is 3.95. The summed E-state index contributed by atoms with van der Waals surface area (Å²) in [5, 5.41) is 8.38. The summed E-state index contributed by atoms with van der Waals surface area (Å²) >= 11 is 0. The molecule has 0 saturated carbocycles. The fraction of sp³-hybridized carbons (Fsp3) is 0.889. The lowest BCUT2D eigenvalue weighted by molar-refractivity contribution is -0.175. The van der Waals surface area contributed by atoms with Crippen LogP contribution in [-0.4, -0.2) is 30.2 Å². The van der Waals surface area contributed by atoms with Gasteiger partial charge in [-0.05, 0) is 12.8 Å². The maximum Gasteiger partial charge on any atom is 0.309 e. The molecule has 1 heterocycles. The third-order valence-electron chi connectivity index (χ3n) is 2.85. The highest BCUT2D eigenvalue weighted by atomic mass is 19.3. The van der Waals surface area contributed by atoms with E-state index >= 15 is 0 Å². The second kappa shape index (κ2) is 3.81. The van der Waals surface area contributed by atoms with E-state index in [-0.39, 0.29) is 26.1 Å². The van der Waals surface area contributed by atoms with E-state index < -0.39 is 23.7 Å². The fourth-order valence-corrected chi connectivity index (χ4v) is 1.59. The van der Waals surface area contributed by atoms with Crippen LogP contribution in [0.5, 0.6) is 0 Å². The van der Waals surface area contributed by atoms with Crippen LogP contribution in [0.2, 0.25) is 0 Å². The van der Waals surface area contributed by atoms with E-state index in [9.17, 15) is 13.6 Å². The normalized spacial score (nSPS) is 21.9. The first-order chi connectivity index (χ1) is 6.37. The van der Waals surface area contributed by atoms with Crippen molar-refractivity contribution in [1.29, 1.82) is 0 Å². The predicted octanol–water partition coefficient (Wildman–Crippen LogP) is 1.91. The molecule has 0 atom stereocenters. The van der Waals surface area contributed by atoms with Gasteiger partial charge in [0.05, 0.1) is 0 Å². The third kappa shape index (κ3) is 2.20. The molecule has 0 aromatic heterocycles. The maximum absolute atomic E-state index is 13.5. The second-order valence-electron chi connectivity index (χ2n) is 3.95. The molecule has 0 aromatic carbocycles. The van der Waals surface area contributed by atoms with Crippen LogP contribution in [0.25, 0.3) is 0 Å². The summed E-state index contributed by atoms with van der Waals surface area (Å²) in [4.78, 5) is 10.3. The molecule has 0 amide bonds. The van der Waals surface area contributed by atoms with Crippen LogP contribution in [0.15, 0.2) is 0 Å². The van der Waals surface area contributed by atoms with E-state index in [2.05, 4.69) is 0 Å². The lowest BCUT2D eigenvalue weighted by Gasteiger charge is -2.39. The molecule has 0 unspecified atom stereocenters. The van der Waals surface area contributed by atoms with Crippen molar-refractivity contribution in [1.82, 2.24) is 0 Å². The molecule has 0 aliphatic carbocycles. The number of hydrogen-bond acceptors (Lipinski definition) is 2. The molecule has 0 aromatic rings. The van der Waals surface area contributed by atoms with Gasteiger partial charge in [0.1, 0.15) is 6.42 Å². The van der Waals surface area contributed by atoms with Crippen molar-refractivity contribution in [3.8, 4) is 0 Å². The summed E-state index contributed by atoms with van der Waals surface area (Å²) in [6.45, 7) is 2.00. The minimum Gasteiger partial charge on any atom is -0.481 e. The number of carbonyl (C=O) groups is 1. The molecular formula is C9H14F2O3. The van der Waals surface area contributed by atoms with Gasteiger partial charge in [0.2, 0.25) is 0 Å². The Morgan fingerprint density at radius 1 is 1.50 bits per heavy atom. The highest BCUT2D eigenvalue weighted by molar-refractivity contribution is 5.68. The molecule has 3 nitrogen and oxygen atoms in total. The number of rotatable bonds is 3. The van der Waals surface area contributed by atoms with E-state index in [1.54, 1.807) is 0 Å². The number of ether oxygens (including phenoxy) is 1. The topological polar surface area (TPSA) is 46.5 Å². The number of halogens is 2. The van der Waals surface area contributed by atoms with Gasteiger partial charge in [-0.3, -0.25) is 4.79 Å². The van der Waals surface area contributed by atoms with Crippen LogP contribution in [0.4, 0.5) is 8.78 Å². The van der Waals surface area contributed by atoms with Crippen LogP contribution in [0, 0.1) is 5.41 Å². The Morgan fingerprint density at radius 2 is 2.00 bits per heavy atom. The van der Waals surface area contributed by atoms with Crippen LogP contribution < -0.4 is 0 Å². The van der Waals surface area contributed by atoms with E-state index in [4.69, 9.17) is 9.84 Å². The van der Waals surface area contributed by atoms with E-state index in [1.807, 2.05) is 0 Å². The molecule has 14 heavy (non-hydrogen) atoms. The Kier molecular flexibility index (Phi) is 3.09. The van der Waals surface area contributed by atoms with Crippen LogP contribution in [0.3, 0.4) is 0 Å². The summed E-state index contributed by atoms with van der Waals surface area (Å²) in [6.07, 6.45) is -0.663. The average Bonchev–Trinajstić information content (AvgIpc) is 2.02. The average molecular weight is 208 g/mol. The van der Waals surface area contributed by atoms with E-state index in [1.165, 1.54) is 6.92 Å². The first kappa shape index (κ1) is 11.4. The third-order valence-corrected chi connectivity index (χ3v) is 2.85. The molecule has 1 fully saturated rings. The van der Waals surface area contributed by atoms with Crippen molar-refractivity contribution in [2.24, 2.45) is 5.41 Å². The number of alkyl halides is 2. The first-order valence-corrected chi connectivity index (χ1v) is 4.55. The molecule has 0 bridgehead atoms. The molecule has 5 heteroatoms. The van der Waals surface area contributed by atoms with Gasteiger partial charge in [0, 0.05) is 18.6 Å². The minimum absolute atomic E-state index is 0.216. The summed E-state index contributed by atoms with van der Waals surface area (Å²) in [5.41, 5.74) is -1.23.